The lowest BCUT2D eigenvalue weighted by molar-refractivity contribution is 0.0904. The number of hydrogen-bond acceptors (Lipinski definition) is 8. The van der Waals surface area contributed by atoms with Crippen molar-refractivity contribution in [1.29, 1.82) is 0 Å². The number of nitrogens with zero attached hydrogens (tertiary/aromatic N) is 3. The van der Waals surface area contributed by atoms with Crippen LogP contribution in [0.15, 0.2) is 89.9 Å². The number of nitrogens with one attached hydrogen (secondary N) is 4. The smallest absolute Gasteiger partial charge is 0.251 e. The molecular weight excluding hydrogens is 715 g/mol. The summed E-state index contributed by atoms with van der Waals surface area (Å²) in [7, 11) is 0. The minimum absolute atomic E-state index is 0.124. The first-order valence-corrected chi connectivity index (χ1v) is 20.3. The third-order valence-corrected chi connectivity index (χ3v) is 11.0. The molecule has 1 saturated heterocycles. The number of amides is 1. The molecule has 4 heterocycles. The van der Waals surface area contributed by atoms with Crippen LogP contribution in [0.4, 0.5) is 5.69 Å². The van der Waals surface area contributed by atoms with Crippen molar-refractivity contribution < 1.29 is 14.3 Å². The highest BCUT2D eigenvalue weighted by Crippen LogP contribution is 2.33. The maximum absolute atomic E-state index is 13.8. The van der Waals surface area contributed by atoms with Crippen molar-refractivity contribution in [2.75, 3.05) is 25.1 Å². The topological polar surface area (TPSA) is 135 Å². The lowest BCUT2D eigenvalue weighted by Crippen LogP contribution is -2.43. The molecule has 1 atom stereocenters. The van der Waals surface area contributed by atoms with Gasteiger partial charge in [-0.1, -0.05) is 62.4 Å². The van der Waals surface area contributed by atoms with Crippen molar-refractivity contribution in [3.8, 4) is 5.75 Å². The zero-order valence-corrected chi connectivity index (χ0v) is 33.8. The van der Waals surface area contributed by atoms with Gasteiger partial charge < -0.3 is 30.4 Å². The van der Waals surface area contributed by atoms with E-state index in [4.69, 9.17) is 14.5 Å². The van der Waals surface area contributed by atoms with Gasteiger partial charge in [0.25, 0.3) is 5.91 Å². The van der Waals surface area contributed by atoms with Crippen LogP contribution in [0.3, 0.4) is 0 Å². The summed E-state index contributed by atoms with van der Waals surface area (Å²) in [5.41, 5.74) is 7.99. The average molecular weight is 770 g/mol. The lowest BCUT2D eigenvalue weighted by Gasteiger charge is -2.29. The Kier molecular flexibility index (Phi) is 12.4. The van der Waals surface area contributed by atoms with E-state index in [0.29, 0.717) is 36.5 Å². The number of hydrogen-bond donors (Lipinski definition) is 4. The molecule has 1 amide bonds. The van der Waals surface area contributed by atoms with E-state index in [1.165, 1.54) is 0 Å². The van der Waals surface area contributed by atoms with Crippen LogP contribution in [0.5, 0.6) is 5.75 Å². The molecule has 0 spiro atoms. The maximum atomic E-state index is 13.8. The summed E-state index contributed by atoms with van der Waals surface area (Å²) in [5.74, 6) is 0.668. The SMILES string of the molecule is CCc1nc2c(cnn2CC)c(NC2CCOCC2)c1CNC(=O)c1cccc(CC(C)(C)NC[C@H](C)c2ccc(OCc3ccccc3)c3[nH]c(=O)ccc23)c1. The number of carbonyl (C=O) groups is 1. The highest BCUT2D eigenvalue weighted by Gasteiger charge is 2.24. The predicted molar refractivity (Wildman–Crippen MR) is 227 cm³/mol. The molecule has 0 unspecified atom stereocenters. The van der Waals surface area contributed by atoms with Gasteiger partial charge in [0, 0.05) is 72.7 Å². The predicted octanol–water partition coefficient (Wildman–Crippen LogP) is 7.67. The Hall–Kier alpha value is -5.52. The van der Waals surface area contributed by atoms with E-state index in [2.05, 4.69) is 72.8 Å². The molecule has 0 saturated carbocycles. The summed E-state index contributed by atoms with van der Waals surface area (Å²) in [5, 5.41) is 17.4. The van der Waals surface area contributed by atoms with Gasteiger partial charge in [-0.2, -0.15) is 5.10 Å². The first-order valence-electron chi connectivity index (χ1n) is 20.3. The van der Waals surface area contributed by atoms with E-state index in [0.717, 1.165) is 95.5 Å². The van der Waals surface area contributed by atoms with Crippen LogP contribution in [-0.4, -0.2) is 57.0 Å². The van der Waals surface area contributed by atoms with E-state index in [9.17, 15) is 9.59 Å². The number of fused-ring (bicyclic) bond motifs is 2. The van der Waals surface area contributed by atoms with Crippen molar-refractivity contribution in [3.05, 3.63) is 129 Å². The first kappa shape index (κ1) is 39.7. The van der Waals surface area contributed by atoms with Crippen molar-refractivity contribution in [1.82, 2.24) is 30.4 Å². The second kappa shape index (κ2) is 17.7. The number of aromatic amines is 1. The molecular formula is C46H55N7O4. The van der Waals surface area contributed by atoms with Crippen molar-refractivity contribution in [2.24, 2.45) is 0 Å². The van der Waals surface area contributed by atoms with E-state index >= 15 is 0 Å². The molecule has 57 heavy (non-hydrogen) atoms. The van der Waals surface area contributed by atoms with Crippen LogP contribution in [0.2, 0.25) is 0 Å². The molecule has 4 N–H and O–H groups in total. The molecule has 11 nitrogen and oxygen atoms in total. The molecule has 3 aromatic carbocycles. The second-order valence-corrected chi connectivity index (χ2v) is 15.8. The Labute approximate surface area is 334 Å². The van der Waals surface area contributed by atoms with Crippen molar-refractivity contribution in [2.45, 2.75) is 97.5 Å². The molecule has 1 aliphatic rings. The fraction of sp³-hybridized carbons (Fsp3) is 0.391. The normalized spacial score (nSPS) is 14.2. The lowest BCUT2D eigenvalue weighted by atomic mass is 9.91. The number of pyridine rings is 2. The van der Waals surface area contributed by atoms with Crippen LogP contribution in [-0.2, 0) is 37.3 Å². The number of carbonyl (C=O) groups excluding carboxylic acids is 1. The molecule has 1 fully saturated rings. The number of H-pyrrole nitrogens is 1. The maximum Gasteiger partial charge on any atom is 0.251 e. The number of aromatic nitrogens is 4. The Bertz CT molecular complexity index is 2380. The van der Waals surface area contributed by atoms with Gasteiger partial charge in [-0.15, -0.1) is 0 Å². The number of anilines is 1. The molecule has 6 aromatic rings. The number of rotatable bonds is 16. The quantitative estimate of drug-likeness (QED) is 0.0789. The third kappa shape index (κ3) is 9.38. The summed E-state index contributed by atoms with van der Waals surface area (Å²) in [4.78, 5) is 34.2. The van der Waals surface area contributed by atoms with Gasteiger partial charge in [-0.3, -0.25) is 9.59 Å². The Balaban J connectivity index is 1.02. The van der Waals surface area contributed by atoms with Gasteiger partial charge in [-0.25, -0.2) is 9.67 Å². The molecule has 1 aliphatic heterocycles. The zero-order chi connectivity index (χ0) is 39.9. The number of aryl methyl sites for hydroxylation is 2. The number of ether oxygens (including phenoxy) is 2. The highest BCUT2D eigenvalue weighted by molar-refractivity contribution is 5.95. The van der Waals surface area contributed by atoms with Gasteiger partial charge in [0.1, 0.15) is 12.4 Å². The van der Waals surface area contributed by atoms with Crippen LogP contribution >= 0.6 is 0 Å². The van der Waals surface area contributed by atoms with Crippen LogP contribution in [0, 0.1) is 0 Å². The van der Waals surface area contributed by atoms with Crippen LogP contribution < -0.4 is 26.2 Å². The molecule has 298 valence electrons. The van der Waals surface area contributed by atoms with E-state index < -0.39 is 0 Å². The summed E-state index contributed by atoms with van der Waals surface area (Å²) in [6.07, 6.45) is 5.20. The Morgan fingerprint density at radius 2 is 1.79 bits per heavy atom. The van der Waals surface area contributed by atoms with Gasteiger partial charge >= 0.3 is 0 Å². The zero-order valence-electron chi connectivity index (χ0n) is 33.8. The number of benzene rings is 3. The molecule has 7 rings (SSSR count). The summed E-state index contributed by atoms with van der Waals surface area (Å²) in [6, 6.07) is 25.7. The first-order chi connectivity index (χ1) is 27.6. The molecule has 0 radical (unpaired) electrons. The fourth-order valence-electron chi connectivity index (χ4n) is 7.84. The Morgan fingerprint density at radius 1 is 1.00 bits per heavy atom. The van der Waals surface area contributed by atoms with Crippen molar-refractivity contribution in [3.63, 3.8) is 0 Å². The molecule has 3 aromatic heterocycles. The molecule has 11 heteroatoms. The fourth-order valence-corrected chi connectivity index (χ4v) is 7.84. The van der Waals surface area contributed by atoms with Crippen LogP contribution in [0.1, 0.15) is 91.7 Å². The monoisotopic (exact) mass is 769 g/mol. The second-order valence-electron chi connectivity index (χ2n) is 15.8. The van der Waals surface area contributed by atoms with E-state index in [1.807, 2.05) is 71.5 Å². The van der Waals surface area contributed by atoms with Gasteiger partial charge in [-0.05, 0) is 93.3 Å². The summed E-state index contributed by atoms with van der Waals surface area (Å²) in [6.45, 7) is 14.4. The summed E-state index contributed by atoms with van der Waals surface area (Å²) >= 11 is 0. The van der Waals surface area contributed by atoms with Gasteiger partial charge in [0.2, 0.25) is 5.56 Å². The minimum atomic E-state index is -0.267. The average Bonchev–Trinajstić information content (AvgIpc) is 3.65. The van der Waals surface area contributed by atoms with E-state index in [1.54, 1.807) is 6.07 Å². The van der Waals surface area contributed by atoms with Crippen LogP contribution in [0.25, 0.3) is 21.9 Å². The van der Waals surface area contributed by atoms with Gasteiger partial charge in [0.05, 0.1) is 22.8 Å². The molecule has 0 aliphatic carbocycles. The summed E-state index contributed by atoms with van der Waals surface area (Å²) < 4.78 is 13.7. The van der Waals surface area contributed by atoms with Gasteiger partial charge in [0.15, 0.2) is 5.65 Å². The standard InChI is InChI=1S/C46H55N7O4/c1-6-39-37(42(50-34-20-22-56-23-21-34)38-28-49-53(7-2)44(38)51-39)27-47-45(55)33-15-11-14-32(24-33)25-46(4,5)48-26-30(3)35-16-18-40(43-36(35)17-19-41(54)52-43)57-29-31-12-9-8-10-13-31/h8-19,24,28,30,34,48H,6-7,20-23,25-27,29H2,1-5H3,(H,47,55)(H,50,51)(H,52,54)/t30-/m0/s1. The highest BCUT2D eigenvalue weighted by atomic mass is 16.5. The Morgan fingerprint density at radius 3 is 2.56 bits per heavy atom. The van der Waals surface area contributed by atoms with E-state index in [-0.39, 0.29) is 29.0 Å². The molecule has 0 bridgehead atoms. The van der Waals surface area contributed by atoms with Crippen molar-refractivity contribution >= 4 is 33.5 Å². The largest absolute Gasteiger partial charge is 0.487 e. The third-order valence-electron chi connectivity index (χ3n) is 11.0. The minimum Gasteiger partial charge on any atom is -0.487 e.